The van der Waals surface area contributed by atoms with Crippen LogP contribution in [0.4, 0.5) is 5.69 Å². The van der Waals surface area contributed by atoms with Gasteiger partial charge in [-0.1, -0.05) is 36.0 Å². The number of benzene rings is 2. The van der Waals surface area contributed by atoms with Gasteiger partial charge in [0.2, 0.25) is 5.91 Å². The number of nitrogens with zero attached hydrogens (tertiary/aromatic N) is 3. The van der Waals surface area contributed by atoms with E-state index in [-0.39, 0.29) is 5.91 Å². The summed E-state index contributed by atoms with van der Waals surface area (Å²) in [6.07, 6.45) is 2.29. The number of rotatable bonds is 8. The van der Waals surface area contributed by atoms with E-state index in [4.69, 9.17) is 4.74 Å². The molecule has 6 nitrogen and oxygen atoms in total. The van der Waals surface area contributed by atoms with E-state index in [2.05, 4.69) is 20.1 Å². The molecular weight excluding hydrogens is 372 g/mol. The van der Waals surface area contributed by atoms with Crippen molar-refractivity contribution < 1.29 is 9.53 Å². The van der Waals surface area contributed by atoms with Gasteiger partial charge in [0.25, 0.3) is 0 Å². The number of aromatic nitrogens is 3. The Bertz CT molecular complexity index is 954. The fourth-order valence-electron chi connectivity index (χ4n) is 2.96. The number of ether oxygens (including phenoxy) is 1. The van der Waals surface area contributed by atoms with E-state index in [1.165, 1.54) is 6.92 Å². The van der Waals surface area contributed by atoms with Gasteiger partial charge < -0.3 is 10.1 Å². The summed E-state index contributed by atoms with van der Waals surface area (Å²) in [5.74, 6) is 3.00. The zero-order valence-electron chi connectivity index (χ0n) is 15.7. The van der Waals surface area contributed by atoms with E-state index >= 15 is 0 Å². The Morgan fingerprint density at radius 1 is 1.18 bits per heavy atom. The topological polar surface area (TPSA) is 69.0 Å². The minimum absolute atomic E-state index is 0.0871. The highest BCUT2D eigenvalue weighted by Gasteiger charge is 2.31. The molecule has 1 aromatic heterocycles. The van der Waals surface area contributed by atoms with Gasteiger partial charge in [-0.25, -0.2) is 0 Å². The first-order chi connectivity index (χ1) is 13.7. The van der Waals surface area contributed by atoms with Gasteiger partial charge in [-0.05, 0) is 43.2 Å². The highest BCUT2D eigenvalue weighted by Crippen LogP contribution is 2.41. The maximum absolute atomic E-state index is 11.4. The lowest BCUT2D eigenvalue weighted by molar-refractivity contribution is -0.114. The third-order valence-corrected chi connectivity index (χ3v) is 5.25. The molecule has 1 aliphatic rings. The standard InChI is InChI=1S/C21H22N4O2S/c1-15(26)22-17-6-5-7-18(14-17)25-20(16-10-11-16)23-24-21(25)28-13-12-27-19-8-3-2-4-9-19/h2-9,14,16H,10-13H2,1H3,(H,22,26). The second-order valence-corrected chi connectivity index (χ2v) is 7.75. The van der Waals surface area contributed by atoms with Gasteiger partial charge in [-0.3, -0.25) is 9.36 Å². The van der Waals surface area contributed by atoms with Gasteiger partial charge in [0.05, 0.1) is 12.3 Å². The highest BCUT2D eigenvalue weighted by atomic mass is 32.2. The average molecular weight is 395 g/mol. The molecule has 0 bridgehead atoms. The molecule has 0 radical (unpaired) electrons. The van der Waals surface area contributed by atoms with Crippen LogP contribution in [0.5, 0.6) is 5.75 Å². The van der Waals surface area contributed by atoms with Gasteiger partial charge in [0.15, 0.2) is 5.16 Å². The summed E-state index contributed by atoms with van der Waals surface area (Å²) in [6, 6.07) is 17.6. The van der Waals surface area contributed by atoms with E-state index < -0.39 is 0 Å². The van der Waals surface area contributed by atoms with Crippen molar-refractivity contribution in [2.24, 2.45) is 0 Å². The van der Waals surface area contributed by atoms with Crippen LogP contribution in [-0.4, -0.2) is 33.0 Å². The second-order valence-electron chi connectivity index (χ2n) is 6.69. The Labute approximate surface area is 168 Å². The van der Waals surface area contributed by atoms with Crippen molar-refractivity contribution in [2.75, 3.05) is 17.7 Å². The summed E-state index contributed by atoms with van der Waals surface area (Å²) in [5.41, 5.74) is 1.73. The van der Waals surface area contributed by atoms with E-state index in [1.54, 1.807) is 11.8 Å². The number of carbonyl (C=O) groups is 1. The van der Waals surface area contributed by atoms with Crippen molar-refractivity contribution >= 4 is 23.4 Å². The molecule has 3 aromatic rings. The average Bonchev–Trinajstić information content (AvgIpc) is 3.45. The molecule has 1 N–H and O–H groups in total. The summed E-state index contributed by atoms with van der Waals surface area (Å²) in [6.45, 7) is 2.10. The number of amides is 1. The third-order valence-electron chi connectivity index (χ3n) is 4.35. The quantitative estimate of drug-likeness (QED) is 0.456. The van der Waals surface area contributed by atoms with Crippen LogP contribution in [0, 0.1) is 0 Å². The Balaban J connectivity index is 1.50. The lowest BCUT2D eigenvalue weighted by Crippen LogP contribution is -2.08. The first-order valence-corrected chi connectivity index (χ1v) is 10.3. The SMILES string of the molecule is CC(=O)Nc1cccc(-n2c(SCCOc3ccccc3)nnc2C2CC2)c1. The zero-order valence-corrected chi connectivity index (χ0v) is 16.5. The molecule has 0 aliphatic heterocycles. The van der Waals surface area contributed by atoms with Crippen molar-refractivity contribution in [2.45, 2.75) is 30.8 Å². The summed E-state index contributed by atoms with van der Waals surface area (Å²) in [4.78, 5) is 11.4. The summed E-state index contributed by atoms with van der Waals surface area (Å²) in [5, 5.41) is 12.6. The summed E-state index contributed by atoms with van der Waals surface area (Å²) >= 11 is 1.62. The molecule has 2 aromatic carbocycles. The van der Waals surface area contributed by atoms with Crippen molar-refractivity contribution in [3.05, 3.63) is 60.4 Å². The molecule has 7 heteroatoms. The van der Waals surface area contributed by atoms with Crippen LogP contribution in [0.1, 0.15) is 31.5 Å². The Kier molecular flexibility index (Phi) is 5.62. The maximum atomic E-state index is 11.4. The molecule has 1 saturated carbocycles. The molecule has 1 amide bonds. The number of hydrogen-bond donors (Lipinski definition) is 1. The van der Waals surface area contributed by atoms with E-state index in [0.29, 0.717) is 12.5 Å². The van der Waals surface area contributed by atoms with Crippen LogP contribution < -0.4 is 10.1 Å². The maximum Gasteiger partial charge on any atom is 0.221 e. The number of hydrogen-bond acceptors (Lipinski definition) is 5. The molecule has 1 heterocycles. The number of anilines is 1. The van der Waals surface area contributed by atoms with Crippen LogP contribution in [0.3, 0.4) is 0 Å². The number of para-hydroxylation sites is 1. The third kappa shape index (κ3) is 4.54. The van der Waals surface area contributed by atoms with Crippen LogP contribution in [0.15, 0.2) is 59.8 Å². The highest BCUT2D eigenvalue weighted by molar-refractivity contribution is 7.99. The number of carbonyl (C=O) groups excluding carboxylic acids is 1. The fourth-order valence-corrected chi connectivity index (χ4v) is 3.73. The normalized spacial score (nSPS) is 13.3. The summed E-state index contributed by atoms with van der Waals surface area (Å²) < 4.78 is 7.88. The fraction of sp³-hybridized carbons (Fsp3) is 0.286. The second kappa shape index (κ2) is 8.48. The minimum Gasteiger partial charge on any atom is -0.493 e. The van der Waals surface area contributed by atoms with Gasteiger partial charge >= 0.3 is 0 Å². The predicted octanol–water partition coefficient (Wildman–Crippen LogP) is 4.27. The van der Waals surface area contributed by atoms with Crippen molar-refractivity contribution in [3.63, 3.8) is 0 Å². The molecule has 1 fully saturated rings. The Morgan fingerprint density at radius 3 is 2.75 bits per heavy atom. The molecule has 1 aliphatic carbocycles. The van der Waals surface area contributed by atoms with Crippen molar-refractivity contribution in [1.29, 1.82) is 0 Å². The molecular formula is C21H22N4O2S. The molecule has 0 spiro atoms. The largest absolute Gasteiger partial charge is 0.493 e. The van der Waals surface area contributed by atoms with Crippen LogP contribution in [0.2, 0.25) is 0 Å². The van der Waals surface area contributed by atoms with Crippen molar-refractivity contribution in [1.82, 2.24) is 14.8 Å². The summed E-state index contributed by atoms with van der Waals surface area (Å²) in [7, 11) is 0. The van der Waals surface area contributed by atoms with Crippen LogP contribution in [-0.2, 0) is 4.79 Å². The van der Waals surface area contributed by atoms with Gasteiger partial charge in [-0.2, -0.15) is 0 Å². The van der Waals surface area contributed by atoms with Crippen LogP contribution in [0.25, 0.3) is 5.69 Å². The van der Waals surface area contributed by atoms with E-state index in [9.17, 15) is 4.79 Å². The monoisotopic (exact) mass is 394 g/mol. The first-order valence-electron chi connectivity index (χ1n) is 9.34. The number of thioether (sulfide) groups is 1. The van der Waals surface area contributed by atoms with Crippen LogP contribution >= 0.6 is 11.8 Å². The molecule has 28 heavy (non-hydrogen) atoms. The van der Waals surface area contributed by atoms with Gasteiger partial charge in [0.1, 0.15) is 11.6 Å². The van der Waals surface area contributed by atoms with Gasteiger partial charge in [0, 0.05) is 24.3 Å². The first kappa shape index (κ1) is 18.6. The molecule has 0 saturated heterocycles. The van der Waals surface area contributed by atoms with Crippen molar-refractivity contribution in [3.8, 4) is 11.4 Å². The molecule has 144 valence electrons. The molecule has 4 rings (SSSR count). The number of nitrogens with one attached hydrogen (secondary N) is 1. The van der Waals surface area contributed by atoms with E-state index in [1.807, 2.05) is 54.6 Å². The lowest BCUT2D eigenvalue weighted by atomic mass is 10.2. The smallest absolute Gasteiger partial charge is 0.221 e. The minimum atomic E-state index is -0.0871. The zero-order chi connectivity index (χ0) is 19.3. The van der Waals surface area contributed by atoms with E-state index in [0.717, 1.165) is 46.7 Å². The predicted molar refractivity (Wildman–Crippen MR) is 110 cm³/mol. The molecule has 0 atom stereocenters. The lowest BCUT2D eigenvalue weighted by Gasteiger charge is -2.12. The Hall–Kier alpha value is -2.80. The molecule has 0 unspecified atom stereocenters. The Morgan fingerprint density at radius 2 is 2.00 bits per heavy atom. The van der Waals surface area contributed by atoms with Gasteiger partial charge in [-0.15, -0.1) is 10.2 Å².